The molecule has 1 aliphatic heterocycles. The zero-order valence-electron chi connectivity index (χ0n) is 16.4. The third-order valence-electron chi connectivity index (χ3n) is 5.13. The molecule has 27 heavy (non-hydrogen) atoms. The molecule has 0 bridgehead atoms. The summed E-state index contributed by atoms with van der Waals surface area (Å²) in [5, 5.41) is 11.2. The van der Waals surface area contributed by atoms with Crippen LogP contribution in [0.25, 0.3) is 0 Å². The number of aromatic nitrogens is 5. The predicted molar refractivity (Wildman–Crippen MR) is 99.3 cm³/mol. The minimum atomic E-state index is -0.0866. The summed E-state index contributed by atoms with van der Waals surface area (Å²) in [5.41, 5.74) is 2.22. The number of rotatable bonds is 6. The molecule has 1 unspecified atom stereocenters. The highest BCUT2D eigenvalue weighted by Gasteiger charge is 2.25. The molecule has 1 amide bonds. The summed E-state index contributed by atoms with van der Waals surface area (Å²) in [6.07, 6.45) is 1.88. The first-order chi connectivity index (χ1) is 12.9. The zero-order chi connectivity index (χ0) is 19.6. The second-order valence-corrected chi connectivity index (χ2v) is 7.19. The van der Waals surface area contributed by atoms with Crippen molar-refractivity contribution in [3.8, 4) is 0 Å². The Morgan fingerprint density at radius 1 is 1.22 bits per heavy atom. The molecule has 0 aliphatic carbocycles. The van der Waals surface area contributed by atoms with Crippen LogP contribution in [0.4, 0.5) is 0 Å². The summed E-state index contributed by atoms with van der Waals surface area (Å²) in [6.45, 7) is 11.0. The first kappa shape index (κ1) is 19.2. The van der Waals surface area contributed by atoms with E-state index in [1.165, 1.54) is 6.33 Å². The molecule has 1 N–H and O–H groups in total. The van der Waals surface area contributed by atoms with Crippen molar-refractivity contribution in [2.75, 3.05) is 26.2 Å². The number of carbonyl (C=O) groups is 2. The molecule has 3 rings (SSSR count). The van der Waals surface area contributed by atoms with Crippen LogP contribution in [0.15, 0.2) is 6.33 Å². The lowest BCUT2D eigenvalue weighted by atomic mass is 10.1. The van der Waals surface area contributed by atoms with Gasteiger partial charge in [-0.15, -0.1) is 0 Å². The summed E-state index contributed by atoms with van der Waals surface area (Å²) in [5.74, 6) is 0.977. The summed E-state index contributed by atoms with van der Waals surface area (Å²) < 4.78 is 1.81. The number of piperazine rings is 1. The predicted octanol–water partition coefficient (Wildman–Crippen LogP) is 1.12. The van der Waals surface area contributed by atoms with Crippen molar-refractivity contribution in [2.45, 2.75) is 46.7 Å². The van der Waals surface area contributed by atoms with Crippen molar-refractivity contribution in [1.82, 2.24) is 34.8 Å². The van der Waals surface area contributed by atoms with Crippen molar-refractivity contribution in [3.63, 3.8) is 0 Å². The van der Waals surface area contributed by atoms with Crippen LogP contribution in [-0.2, 0) is 11.3 Å². The molecule has 9 nitrogen and oxygen atoms in total. The normalized spacial score (nSPS) is 16.5. The van der Waals surface area contributed by atoms with Crippen LogP contribution in [0.2, 0.25) is 0 Å². The van der Waals surface area contributed by atoms with Crippen LogP contribution < -0.4 is 0 Å². The van der Waals surface area contributed by atoms with Gasteiger partial charge in [0.2, 0.25) is 5.91 Å². The van der Waals surface area contributed by atoms with Gasteiger partial charge in [-0.3, -0.25) is 24.3 Å². The number of aryl methyl sites for hydroxylation is 1. The van der Waals surface area contributed by atoms with Gasteiger partial charge in [-0.25, -0.2) is 4.98 Å². The average molecular weight is 373 g/mol. The minimum Gasteiger partial charge on any atom is -0.340 e. The summed E-state index contributed by atoms with van der Waals surface area (Å²) in [6, 6.07) is -0.0866. The summed E-state index contributed by atoms with van der Waals surface area (Å²) >= 11 is 0. The third-order valence-corrected chi connectivity index (χ3v) is 5.13. The van der Waals surface area contributed by atoms with E-state index < -0.39 is 0 Å². The Hall–Kier alpha value is -2.55. The van der Waals surface area contributed by atoms with Crippen LogP contribution in [-0.4, -0.2) is 72.6 Å². The smallest absolute Gasteiger partial charge is 0.224 e. The van der Waals surface area contributed by atoms with E-state index in [9.17, 15) is 9.59 Å². The van der Waals surface area contributed by atoms with E-state index in [-0.39, 0.29) is 17.7 Å². The number of hydrogen-bond donors (Lipinski definition) is 1. The SMILES string of the molecule is CC(=O)c1c(C)nn(C(C)CC(=O)N2CCN(Cc3ncn[nH]3)CC2)c1C. The fourth-order valence-electron chi connectivity index (χ4n) is 3.74. The van der Waals surface area contributed by atoms with Crippen molar-refractivity contribution in [2.24, 2.45) is 0 Å². The Balaban J connectivity index is 1.55. The lowest BCUT2D eigenvalue weighted by Gasteiger charge is -2.34. The molecule has 0 aromatic carbocycles. The second kappa shape index (κ2) is 7.99. The number of amides is 1. The average Bonchev–Trinajstić information content (AvgIpc) is 3.22. The van der Waals surface area contributed by atoms with Gasteiger partial charge in [-0.1, -0.05) is 0 Å². The van der Waals surface area contributed by atoms with Crippen LogP contribution in [0.1, 0.15) is 53.9 Å². The quantitative estimate of drug-likeness (QED) is 0.762. The van der Waals surface area contributed by atoms with E-state index in [4.69, 9.17) is 0 Å². The van der Waals surface area contributed by atoms with Crippen molar-refractivity contribution in [3.05, 3.63) is 29.1 Å². The lowest BCUT2D eigenvalue weighted by molar-refractivity contribution is -0.133. The molecule has 3 heterocycles. The number of H-pyrrole nitrogens is 1. The van der Waals surface area contributed by atoms with Crippen LogP contribution in [0.3, 0.4) is 0 Å². The van der Waals surface area contributed by atoms with Crippen LogP contribution in [0, 0.1) is 13.8 Å². The van der Waals surface area contributed by atoms with E-state index in [0.29, 0.717) is 25.1 Å². The molecular weight excluding hydrogens is 346 g/mol. The first-order valence-corrected chi connectivity index (χ1v) is 9.27. The maximum atomic E-state index is 12.7. The highest BCUT2D eigenvalue weighted by Crippen LogP contribution is 2.21. The van der Waals surface area contributed by atoms with Gasteiger partial charge in [0.05, 0.1) is 23.8 Å². The lowest BCUT2D eigenvalue weighted by Crippen LogP contribution is -2.48. The van der Waals surface area contributed by atoms with E-state index in [1.807, 2.05) is 30.4 Å². The number of hydrogen-bond acceptors (Lipinski definition) is 6. The van der Waals surface area contributed by atoms with Crippen molar-refractivity contribution in [1.29, 1.82) is 0 Å². The Labute approximate surface area is 158 Å². The highest BCUT2D eigenvalue weighted by molar-refractivity contribution is 5.96. The largest absolute Gasteiger partial charge is 0.340 e. The van der Waals surface area contributed by atoms with Gasteiger partial charge in [0.15, 0.2) is 5.78 Å². The Morgan fingerprint density at radius 3 is 2.48 bits per heavy atom. The molecule has 0 spiro atoms. The third kappa shape index (κ3) is 4.24. The van der Waals surface area contributed by atoms with E-state index >= 15 is 0 Å². The standard InChI is InChI=1S/C18H27N7O2/c1-12(25-14(3)18(15(4)26)13(2)22-25)9-17(27)24-7-5-23(6-8-24)10-16-19-11-20-21-16/h11-12H,5-10H2,1-4H3,(H,19,20,21). The molecule has 1 fully saturated rings. The van der Waals surface area contributed by atoms with Crippen molar-refractivity contribution >= 4 is 11.7 Å². The van der Waals surface area contributed by atoms with Gasteiger partial charge >= 0.3 is 0 Å². The minimum absolute atomic E-state index is 0.0117. The number of nitrogens with one attached hydrogen (secondary N) is 1. The topological polar surface area (TPSA) is 100 Å². The summed E-state index contributed by atoms with van der Waals surface area (Å²) in [4.78, 5) is 32.8. The molecule has 1 atom stereocenters. The molecule has 146 valence electrons. The molecule has 1 saturated heterocycles. The Bertz CT molecular complexity index is 804. The van der Waals surface area contributed by atoms with Gasteiger partial charge in [-0.05, 0) is 27.7 Å². The van der Waals surface area contributed by atoms with Crippen LogP contribution >= 0.6 is 0 Å². The molecule has 2 aromatic rings. The number of carbonyl (C=O) groups excluding carboxylic acids is 2. The fraction of sp³-hybridized carbons (Fsp3) is 0.611. The number of aromatic amines is 1. The first-order valence-electron chi connectivity index (χ1n) is 9.27. The van der Waals surface area contributed by atoms with Gasteiger partial charge in [0.1, 0.15) is 12.2 Å². The monoisotopic (exact) mass is 373 g/mol. The Morgan fingerprint density at radius 2 is 1.93 bits per heavy atom. The molecule has 0 saturated carbocycles. The van der Waals surface area contributed by atoms with Gasteiger partial charge in [0.25, 0.3) is 0 Å². The summed E-state index contributed by atoms with van der Waals surface area (Å²) in [7, 11) is 0. The molecule has 2 aromatic heterocycles. The fourth-order valence-corrected chi connectivity index (χ4v) is 3.74. The molecule has 9 heteroatoms. The molecule has 0 radical (unpaired) electrons. The number of nitrogens with zero attached hydrogens (tertiary/aromatic N) is 6. The zero-order valence-corrected chi connectivity index (χ0v) is 16.4. The highest BCUT2D eigenvalue weighted by atomic mass is 16.2. The van der Waals surface area contributed by atoms with E-state index in [0.717, 1.165) is 36.8 Å². The number of ketones is 1. The Kier molecular flexibility index (Phi) is 5.69. The van der Waals surface area contributed by atoms with Gasteiger partial charge in [0, 0.05) is 38.3 Å². The second-order valence-electron chi connectivity index (χ2n) is 7.19. The van der Waals surface area contributed by atoms with Gasteiger partial charge in [-0.2, -0.15) is 10.2 Å². The van der Waals surface area contributed by atoms with Gasteiger partial charge < -0.3 is 4.90 Å². The van der Waals surface area contributed by atoms with Crippen LogP contribution in [0.5, 0.6) is 0 Å². The van der Waals surface area contributed by atoms with E-state index in [1.54, 1.807) is 6.92 Å². The maximum Gasteiger partial charge on any atom is 0.224 e. The number of Topliss-reactive ketones (excluding diaryl/α,β-unsaturated/α-hetero) is 1. The molecular formula is C18H27N7O2. The van der Waals surface area contributed by atoms with Crippen molar-refractivity contribution < 1.29 is 9.59 Å². The maximum absolute atomic E-state index is 12.7. The van der Waals surface area contributed by atoms with E-state index in [2.05, 4.69) is 25.2 Å². The molecule has 1 aliphatic rings.